The first-order valence-corrected chi connectivity index (χ1v) is 15.3. The molecular weight excluding hydrogens is 564 g/mol. The van der Waals surface area contributed by atoms with Gasteiger partial charge < -0.3 is 24.7 Å². The van der Waals surface area contributed by atoms with E-state index in [-0.39, 0.29) is 17.8 Å². The fourth-order valence-corrected chi connectivity index (χ4v) is 6.15. The van der Waals surface area contributed by atoms with E-state index in [0.29, 0.717) is 67.4 Å². The van der Waals surface area contributed by atoms with E-state index in [1.165, 1.54) is 0 Å². The number of likely N-dealkylation sites (tertiary alicyclic amines) is 1. The van der Waals surface area contributed by atoms with Gasteiger partial charge in [-0.25, -0.2) is 0 Å². The van der Waals surface area contributed by atoms with Crippen molar-refractivity contribution >= 4 is 11.6 Å². The number of carbonyl (C=O) groups excluding carboxylic acids is 1. The number of nitrogens with zero attached hydrogens (tertiary/aromatic N) is 5. The number of aromatic nitrogens is 2. The molecule has 1 aromatic heterocycles. The van der Waals surface area contributed by atoms with Crippen molar-refractivity contribution in [3.05, 3.63) is 89.3 Å². The standard InChI is InChI=1S/C36H36N6O3/c1-3-9-29-12-8-15-42(29)34(43)28-21-26(30-13-7-14-32(31(30)24-37)41-16-18-44-19-17-41)20-27(22-28)33-39-40-35(45-33)36(2,38)23-25-10-5-4-6-11-25/h4-7,10-11,13-14,20-22,29H,8,12,15-19,23,38H2,1-2H3/t29?,36-/m1/s1. The van der Waals surface area contributed by atoms with E-state index in [0.717, 1.165) is 29.7 Å². The maximum Gasteiger partial charge on any atom is 0.254 e. The SMILES string of the molecule is CC#CC1CCCN1C(=O)c1cc(-c2nnc([C@](C)(N)Cc3ccccc3)o2)cc(-c2cccc(N3CCOCC3)c2C#N)c1. The molecule has 4 aromatic rings. The molecule has 3 heterocycles. The van der Waals surface area contributed by atoms with Gasteiger partial charge in [0.15, 0.2) is 0 Å². The van der Waals surface area contributed by atoms with Gasteiger partial charge in [0.1, 0.15) is 6.07 Å². The molecule has 1 amide bonds. The third kappa shape index (κ3) is 6.32. The molecular formula is C36H36N6O3. The second-order valence-corrected chi connectivity index (χ2v) is 11.8. The van der Waals surface area contributed by atoms with Crippen molar-refractivity contribution in [3.63, 3.8) is 0 Å². The third-order valence-corrected chi connectivity index (χ3v) is 8.40. The number of hydrogen-bond donors (Lipinski definition) is 1. The molecule has 2 saturated heterocycles. The number of ether oxygens (including phenoxy) is 1. The number of rotatable bonds is 7. The van der Waals surface area contributed by atoms with E-state index in [1.54, 1.807) is 13.0 Å². The van der Waals surface area contributed by atoms with E-state index >= 15 is 0 Å². The van der Waals surface area contributed by atoms with Crippen LogP contribution in [0.4, 0.5) is 5.69 Å². The Morgan fingerprint density at radius 3 is 2.58 bits per heavy atom. The highest BCUT2D eigenvalue weighted by molar-refractivity contribution is 5.98. The minimum absolute atomic E-state index is 0.126. The highest BCUT2D eigenvalue weighted by Crippen LogP contribution is 2.36. The largest absolute Gasteiger partial charge is 0.419 e. The van der Waals surface area contributed by atoms with Crippen LogP contribution in [0.3, 0.4) is 0 Å². The van der Waals surface area contributed by atoms with Gasteiger partial charge in [0.05, 0.1) is 36.0 Å². The lowest BCUT2D eigenvalue weighted by Crippen LogP contribution is -2.36. The summed E-state index contributed by atoms with van der Waals surface area (Å²) in [6.07, 6.45) is 2.23. The van der Waals surface area contributed by atoms with Crippen LogP contribution in [0.5, 0.6) is 0 Å². The Morgan fingerprint density at radius 2 is 1.82 bits per heavy atom. The summed E-state index contributed by atoms with van der Waals surface area (Å²) in [6.45, 7) is 6.88. The number of benzene rings is 3. The van der Waals surface area contributed by atoms with Crippen LogP contribution in [0.2, 0.25) is 0 Å². The van der Waals surface area contributed by atoms with Crippen molar-refractivity contribution in [2.75, 3.05) is 37.7 Å². The summed E-state index contributed by atoms with van der Waals surface area (Å²) < 4.78 is 11.8. The summed E-state index contributed by atoms with van der Waals surface area (Å²) in [5.74, 6) is 6.57. The molecule has 0 saturated carbocycles. The van der Waals surface area contributed by atoms with E-state index in [1.807, 2.05) is 72.5 Å². The molecule has 2 aliphatic rings. The van der Waals surface area contributed by atoms with Crippen molar-refractivity contribution in [1.29, 1.82) is 5.26 Å². The Labute approximate surface area is 263 Å². The molecule has 0 radical (unpaired) electrons. The third-order valence-electron chi connectivity index (χ3n) is 8.40. The van der Waals surface area contributed by atoms with Crippen LogP contribution in [0.1, 0.15) is 54.1 Å². The molecule has 9 heteroatoms. The lowest BCUT2D eigenvalue weighted by molar-refractivity contribution is 0.0766. The van der Waals surface area contributed by atoms with Gasteiger partial charge >= 0.3 is 0 Å². The molecule has 6 rings (SSSR count). The number of hydrogen-bond acceptors (Lipinski definition) is 8. The zero-order valence-corrected chi connectivity index (χ0v) is 25.6. The second kappa shape index (κ2) is 13.0. The topological polar surface area (TPSA) is 122 Å². The van der Waals surface area contributed by atoms with Crippen molar-refractivity contribution < 1.29 is 13.9 Å². The molecule has 2 N–H and O–H groups in total. The molecule has 1 unspecified atom stereocenters. The first-order valence-electron chi connectivity index (χ1n) is 15.3. The monoisotopic (exact) mass is 600 g/mol. The van der Waals surface area contributed by atoms with Gasteiger partial charge in [-0.1, -0.05) is 48.4 Å². The fourth-order valence-electron chi connectivity index (χ4n) is 6.15. The van der Waals surface area contributed by atoms with Crippen LogP contribution in [0.25, 0.3) is 22.6 Å². The second-order valence-electron chi connectivity index (χ2n) is 11.8. The Balaban J connectivity index is 1.43. The minimum Gasteiger partial charge on any atom is -0.419 e. The van der Waals surface area contributed by atoms with Crippen LogP contribution >= 0.6 is 0 Å². The number of amides is 1. The summed E-state index contributed by atoms with van der Waals surface area (Å²) in [5, 5.41) is 19.1. The minimum atomic E-state index is -0.912. The van der Waals surface area contributed by atoms with Gasteiger partial charge in [-0.3, -0.25) is 4.79 Å². The van der Waals surface area contributed by atoms with Gasteiger partial charge in [0, 0.05) is 36.3 Å². The summed E-state index contributed by atoms with van der Waals surface area (Å²) in [7, 11) is 0. The molecule has 0 spiro atoms. The van der Waals surface area contributed by atoms with Crippen molar-refractivity contribution in [2.24, 2.45) is 5.73 Å². The maximum absolute atomic E-state index is 14.0. The van der Waals surface area contributed by atoms with Crippen LogP contribution in [-0.4, -0.2) is 59.9 Å². The first-order chi connectivity index (χ1) is 21.9. The lowest BCUT2D eigenvalue weighted by Gasteiger charge is -2.30. The van der Waals surface area contributed by atoms with Crippen molar-refractivity contribution in [1.82, 2.24) is 15.1 Å². The van der Waals surface area contributed by atoms with Crippen LogP contribution in [0, 0.1) is 23.2 Å². The zero-order chi connectivity index (χ0) is 31.4. The fraction of sp³-hybridized carbons (Fsp3) is 0.333. The van der Waals surface area contributed by atoms with Gasteiger partial charge in [-0.15, -0.1) is 16.1 Å². The lowest BCUT2D eigenvalue weighted by atomic mass is 9.94. The van der Waals surface area contributed by atoms with Crippen LogP contribution in [-0.2, 0) is 16.7 Å². The molecule has 0 aliphatic carbocycles. The Morgan fingerprint density at radius 1 is 1.04 bits per heavy atom. The quantitative estimate of drug-likeness (QED) is 0.289. The maximum atomic E-state index is 14.0. The number of morpholine rings is 1. The summed E-state index contributed by atoms with van der Waals surface area (Å²) in [4.78, 5) is 18.0. The van der Waals surface area contributed by atoms with Crippen molar-refractivity contribution in [3.8, 4) is 40.5 Å². The summed E-state index contributed by atoms with van der Waals surface area (Å²) in [5.41, 5.74) is 10.7. The highest BCUT2D eigenvalue weighted by Gasteiger charge is 2.31. The van der Waals surface area contributed by atoms with Crippen LogP contribution in [0.15, 0.2) is 71.1 Å². The molecule has 3 aromatic carbocycles. The first kappa shape index (κ1) is 30.1. The number of nitriles is 1. The molecule has 2 fully saturated rings. The Kier molecular flexibility index (Phi) is 8.66. The number of nitrogens with two attached hydrogens (primary N) is 1. The molecule has 45 heavy (non-hydrogen) atoms. The molecule has 228 valence electrons. The molecule has 0 bridgehead atoms. The van der Waals surface area contributed by atoms with Gasteiger partial charge in [-0.2, -0.15) is 5.26 Å². The smallest absolute Gasteiger partial charge is 0.254 e. The summed E-state index contributed by atoms with van der Waals surface area (Å²) in [6, 6.07) is 23.5. The zero-order valence-electron chi connectivity index (χ0n) is 25.6. The average Bonchev–Trinajstić information content (AvgIpc) is 3.76. The Bertz CT molecular complexity index is 1790. The molecule has 2 atom stereocenters. The van der Waals surface area contributed by atoms with Crippen molar-refractivity contribution in [2.45, 2.75) is 44.7 Å². The Hall–Kier alpha value is -4.96. The van der Waals surface area contributed by atoms with E-state index in [4.69, 9.17) is 14.9 Å². The van der Waals surface area contributed by atoms with Gasteiger partial charge in [0.2, 0.25) is 11.8 Å². The number of carbonyl (C=O) groups is 1. The predicted octanol–water partition coefficient (Wildman–Crippen LogP) is 5.16. The van der Waals surface area contributed by atoms with Gasteiger partial charge in [0.25, 0.3) is 5.91 Å². The van der Waals surface area contributed by atoms with Gasteiger partial charge in [-0.05, 0) is 68.5 Å². The molecule has 9 nitrogen and oxygen atoms in total. The van der Waals surface area contributed by atoms with E-state index in [2.05, 4.69) is 33.0 Å². The van der Waals surface area contributed by atoms with Crippen LogP contribution < -0.4 is 10.6 Å². The molecule has 2 aliphatic heterocycles. The predicted molar refractivity (Wildman–Crippen MR) is 172 cm³/mol. The van der Waals surface area contributed by atoms with E-state index < -0.39 is 5.54 Å². The average molecular weight is 601 g/mol. The normalized spacial score (nSPS) is 17.7. The summed E-state index contributed by atoms with van der Waals surface area (Å²) >= 11 is 0. The number of anilines is 1. The highest BCUT2D eigenvalue weighted by atomic mass is 16.5. The van der Waals surface area contributed by atoms with E-state index in [9.17, 15) is 10.1 Å².